The van der Waals surface area contributed by atoms with Gasteiger partial charge in [-0.3, -0.25) is 10.1 Å². The van der Waals surface area contributed by atoms with Crippen molar-refractivity contribution in [3.05, 3.63) is 64.2 Å². The van der Waals surface area contributed by atoms with Crippen LogP contribution in [0.5, 0.6) is 5.75 Å². The van der Waals surface area contributed by atoms with E-state index in [1.165, 1.54) is 12.1 Å². The first kappa shape index (κ1) is 16.7. The van der Waals surface area contributed by atoms with E-state index in [1.54, 1.807) is 19.2 Å². The van der Waals surface area contributed by atoms with Crippen molar-refractivity contribution in [3.63, 3.8) is 0 Å². The van der Waals surface area contributed by atoms with E-state index < -0.39 is 4.92 Å². The fourth-order valence-corrected chi connectivity index (χ4v) is 1.66. The number of methoxy groups -OCH3 is 1. The van der Waals surface area contributed by atoms with Gasteiger partial charge in [-0.1, -0.05) is 12.1 Å². The Labute approximate surface area is 128 Å². The van der Waals surface area contributed by atoms with Crippen molar-refractivity contribution in [2.45, 2.75) is 6.54 Å². The molecule has 0 unspecified atom stereocenters. The second-order valence-corrected chi connectivity index (χ2v) is 4.13. The van der Waals surface area contributed by atoms with Gasteiger partial charge < -0.3 is 10.2 Å². The second kappa shape index (κ2) is 8.08. The third kappa shape index (κ3) is 4.94. The SMILES string of the molecule is COc1ccc(NNCc2ccc([N+](=O)[O-])cc2)cc1.Cl. The number of hydrogen-bond acceptors (Lipinski definition) is 5. The summed E-state index contributed by atoms with van der Waals surface area (Å²) in [7, 11) is 1.62. The molecule has 6 nitrogen and oxygen atoms in total. The van der Waals surface area contributed by atoms with E-state index in [1.807, 2.05) is 24.3 Å². The van der Waals surface area contributed by atoms with Gasteiger partial charge in [-0.15, -0.1) is 12.4 Å². The number of halogens is 1. The highest BCUT2D eigenvalue weighted by Crippen LogP contribution is 2.14. The van der Waals surface area contributed by atoms with Crippen LogP contribution in [0.2, 0.25) is 0 Å². The number of ether oxygens (including phenoxy) is 1. The van der Waals surface area contributed by atoms with Crippen LogP contribution < -0.4 is 15.6 Å². The summed E-state index contributed by atoms with van der Waals surface area (Å²) < 4.78 is 5.07. The summed E-state index contributed by atoms with van der Waals surface area (Å²) in [6, 6.07) is 13.9. The third-order valence-electron chi connectivity index (χ3n) is 2.76. The zero-order valence-electron chi connectivity index (χ0n) is 11.4. The Hall–Kier alpha value is -2.31. The van der Waals surface area contributed by atoms with Crippen molar-refractivity contribution in [1.29, 1.82) is 0 Å². The normalized spacial score (nSPS) is 9.57. The number of hydrogen-bond donors (Lipinski definition) is 2. The summed E-state index contributed by atoms with van der Waals surface area (Å²) in [6.07, 6.45) is 0. The lowest BCUT2D eigenvalue weighted by Gasteiger charge is -2.09. The molecule has 2 N–H and O–H groups in total. The van der Waals surface area contributed by atoms with Crippen LogP contribution in [0.4, 0.5) is 11.4 Å². The molecule has 0 aliphatic carbocycles. The summed E-state index contributed by atoms with van der Waals surface area (Å²) >= 11 is 0. The molecule has 0 aliphatic rings. The number of anilines is 1. The molecule has 0 amide bonds. The smallest absolute Gasteiger partial charge is 0.269 e. The quantitative estimate of drug-likeness (QED) is 0.633. The molecule has 112 valence electrons. The van der Waals surface area contributed by atoms with Gasteiger partial charge in [0.15, 0.2) is 0 Å². The molecule has 0 bridgehead atoms. The number of benzene rings is 2. The van der Waals surface area contributed by atoms with Gasteiger partial charge in [0.1, 0.15) is 5.75 Å². The van der Waals surface area contributed by atoms with Crippen LogP contribution in [0, 0.1) is 10.1 Å². The minimum atomic E-state index is -0.410. The Morgan fingerprint density at radius 1 is 1.10 bits per heavy atom. The number of nitro groups is 1. The molecule has 2 rings (SSSR count). The standard InChI is InChI=1S/C14H15N3O3.ClH/c1-20-14-8-4-12(5-9-14)16-15-10-11-2-6-13(7-3-11)17(18)19;/h2-9,15-16H,10H2,1H3;1H. The maximum absolute atomic E-state index is 10.5. The van der Waals surface area contributed by atoms with Crippen LogP contribution >= 0.6 is 12.4 Å². The highest BCUT2D eigenvalue weighted by atomic mass is 35.5. The Bertz CT molecular complexity index is 573. The lowest BCUT2D eigenvalue weighted by Crippen LogP contribution is -2.20. The van der Waals surface area contributed by atoms with Gasteiger partial charge in [0.05, 0.1) is 12.0 Å². The van der Waals surface area contributed by atoms with Crippen LogP contribution in [0.3, 0.4) is 0 Å². The highest BCUT2D eigenvalue weighted by Gasteiger charge is 2.03. The predicted molar refractivity (Wildman–Crippen MR) is 83.8 cm³/mol. The van der Waals surface area contributed by atoms with Gasteiger partial charge in [0.25, 0.3) is 5.69 Å². The Morgan fingerprint density at radius 2 is 1.71 bits per heavy atom. The highest BCUT2D eigenvalue weighted by molar-refractivity contribution is 5.85. The molecule has 0 fully saturated rings. The number of nitro benzene ring substituents is 1. The first-order valence-electron chi connectivity index (χ1n) is 6.05. The maximum Gasteiger partial charge on any atom is 0.269 e. The Balaban J connectivity index is 0.00000220. The summed E-state index contributed by atoms with van der Waals surface area (Å²) in [6.45, 7) is 0.560. The molecule has 2 aromatic rings. The Morgan fingerprint density at radius 3 is 2.24 bits per heavy atom. The van der Waals surface area contributed by atoms with E-state index in [-0.39, 0.29) is 18.1 Å². The van der Waals surface area contributed by atoms with Gasteiger partial charge in [-0.05, 0) is 29.8 Å². The van der Waals surface area contributed by atoms with Crippen molar-refractivity contribution in [3.8, 4) is 5.75 Å². The predicted octanol–water partition coefficient (Wildman–Crippen LogP) is 3.14. The molecule has 0 heterocycles. The van der Waals surface area contributed by atoms with Gasteiger partial charge >= 0.3 is 0 Å². The number of nitrogens with one attached hydrogen (secondary N) is 2. The third-order valence-corrected chi connectivity index (χ3v) is 2.76. The van der Waals surface area contributed by atoms with E-state index in [4.69, 9.17) is 4.74 Å². The first-order valence-corrected chi connectivity index (χ1v) is 6.05. The lowest BCUT2D eigenvalue weighted by atomic mass is 10.2. The molecule has 7 heteroatoms. The van der Waals surface area contributed by atoms with Crippen molar-refractivity contribution in [2.24, 2.45) is 0 Å². The van der Waals surface area contributed by atoms with Crippen molar-refractivity contribution < 1.29 is 9.66 Å². The molecule has 0 saturated carbocycles. The zero-order chi connectivity index (χ0) is 14.4. The van der Waals surface area contributed by atoms with Crippen molar-refractivity contribution >= 4 is 23.8 Å². The molecular formula is C14H16ClN3O3. The Kier molecular flexibility index (Phi) is 6.45. The fourth-order valence-electron chi connectivity index (χ4n) is 1.66. The minimum absolute atomic E-state index is 0. The van der Waals surface area contributed by atoms with E-state index in [0.29, 0.717) is 6.54 Å². The van der Waals surface area contributed by atoms with Crippen LogP contribution in [-0.2, 0) is 6.54 Å². The van der Waals surface area contributed by atoms with Crippen LogP contribution in [0.25, 0.3) is 0 Å². The fraction of sp³-hybridized carbons (Fsp3) is 0.143. The van der Waals surface area contributed by atoms with E-state index in [2.05, 4.69) is 10.9 Å². The molecule has 21 heavy (non-hydrogen) atoms. The van der Waals surface area contributed by atoms with E-state index in [0.717, 1.165) is 17.0 Å². The zero-order valence-corrected chi connectivity index (χ0v) is 12.2. The van der Waals surface area contributed by atoms with Gasteiger partial charge in [0.2, 0.25) is 0 Å². The monoisotopic (exact) mass is 309 g/mol. The molecule has 0 atom stereocenters. The summed E-state index contributed by atoms with van der Waals surface area (Å²) in [4.78, 5) is 10.1. The summed E-state index contributed by atoms with van der Waals surface area (Å²) in [5.41, 5.74) is 8.05. The summed E-state index contributed by atoms with van der Waals surface area (Å²) in [5.74, 6) is 0.797. The minimum Gasteiger partial charge on any atom is -0.497 e. The number of non-ortho nitro benzene ring substituents is 1. The van der Waals surface area contributed by atoms with E-state index >= 15 is 0 Å². The molecule has 0 aliphatic heterocycles. The lowest BCUT2D eigenvalue weighted by molar-refractivity contribution is -0.384. The average Bonchev–Trinajstić information content (AvgIpc) is 2.48. The topological polar surface area (TPSA) is 76.4 Å². The molecule has 0 saturated heterocycles. The maximum atomic E-state index is 10.5. The average molecular weight is 310 g/mol. The molecule has 0 radical (unpaired) electrons. The first-order chi connectivity index (χ1) is 9.69. The molecule has 2 aromatic carbocycles. The van der Waals surface area contributed by atoms with Crippen LogP contribution in [-0.4, -0.2) is 12.0 Å². The van der Waals surface area contributed by atoms with Gasteiger partial charge in [-0.25, -0.2) is 5.43 Å². The van der Waals surface area contributed by atoms with Crippen LogP contribution in [0.1, 0.15) is 5.56 Å². The second-order valence-electron chi connectivity index (χ2n) is 4.13. The molecule has 0 spiro atoms. The summed E-state index contributed by atoms with van der Waals surface area (Å²) in [5, 5.41) is 10.5. The van der Waals surface area contributed by atoms with Gasteiger partial charge in [0, 0.05) is 24.4 Å². The van der Waals surface area contributed by atoms with Crippen molar-refractivity contribution in [2.75, 3.05) is 12.5 Å². The largest absolute Gasteiger partial charge is 0.497 e. The number of nitrogens with zero attached hydrogens (tertiary/aromatic N) is 1. The van der Waals surface area contributed by atoms with Gasteiger partial charge in [-0.2, -0.15) is 0 Å². The molecule has 0 aromatic heterocycles. The number of hydrazine groups is 1. The molecular weight excluding hydrogens is 294 g/mol. The van der Waals surface area contributed by atoms with E-state index in [9.17, 15) is 10.1 Å². The number of rotatable bonds is 6. The van der Waals surface area contributed by atoms with Crippen LogP contribution in [0.15, 0.2) is 48.5 Å². The van der Waals surface area contributed by atoms with Crippen molar-refractivity contribution in [1.82, 2.24) is 5.43 Å².